The Labute approximate surface area is 119 Å². The average Bonchev–Trinajstić information content (AvgIpc) is 2.47. The Morgan fingerprint density at radius 2 is 1.75 bits per heavy atom. The van der Waals surface area contributed by atoms with Gasteiger partial charge in [0.15, 0.2) is 0 Å². The molecule has 0 spiro atoms. The number of nitrogens with zero attached hydrogens (tertiary/aromatic N) is 1. The van der Waals surface area contributed by atoms with E-state index in [0.29, 0.717) is 0 Å². The Hall–Kier alpha value is -1.84. The molecule has 0 saturated heterocycles. The van der Waals surface area contributed by atoms with Crippen LogP contribution in [0.5, 0.6) is 0 Å². The van der Waals surface area contributed by atoms with Crippen molar-refractivity contribution in [2.45, 2.75) is 38.5 Å². The van der Waals surface area contributed by atoms with E-state index in [0.717, 1.165) is 36.9 Å². The average molecular weight is 275 g/mol. The molecule has 0 heterocycles. The van der Waals surface area contributed by atoms with Crippen LogP contribution >= 0.6 is 0 Å². The van der Waals surface area contributed by atoms with Gasteiger partial charge in [-0.1, -0.05) is 31.4 Å². The predicted octanol–water partition coefficient (Wildman–Crippen LogP) is 2.86. The highest BCUT2D eigenvalue weighted by Gasteiger charge is 2.24. The lowest BCUT2D eigenvalue weighted by atomic mass is 9.88. The monoisotopic (exact) mass is 275 g/mol. The van der Waals surface area contributed by atoms with E-state index < -0.39 is 5.97 Å². The summed E-state index contributed by atoms with van der Waals surface area (Å²) in [5.41, 5.74) is 1.58. The van der Waals surface area contributed by atoms with Gasteiger partial charge in [-0.15, -0.1) is 0 Å². The summed E-state index contributed by atoms with van der Waals surface area (Å²) < 4.78 is 0. The number of carboxylic acid groups (broad SMARTS) is 1. The van der Waals surface area contributed by atoms with Gasteiger partial charge in [-0.25, -0.2) is 0 Å². The SMILES string of the molecule is CN(C(=O)C1CCCCC1)c1ccc(CC(=O)O)cc1. The second kappa shape index (κ2) is 6.55. The smallest absolute Gasteiger partial charge is 0.307 e. The fourth-order valence-electron chi connectivity index (χ4n) is 2.76. The molecule has 1 aliphatic carbocycles. The number of hydrogen-bond acceptors (Lipinski definition) is 2. The highest BCUT2D eigenvalue weighted by molar-refractivity contribution is 5.94. The van der Waals surface area contributed by atoms with E-state index in [-0.39, 0.29) is 18.2 Å². The normalized spacial score (nSPS) is 15.8. The van der Waals surface area contributed by atoms with Gasteiger partial charge in [-0.05, 0) is 30.5 Å². The maximum Gasteiger partial charge on any atom is 0.307 e. The van der Waals surface area contributed by atoms with E-state index in [1.165, 1.54) is 6.42 Å². The lowest BCUT2D eigenvalue weighted by molar-refractivity contribution is -0.136. The van der Waals surface area contributed by atoms with Crippen molar-refractivity contribution < 1.29 is 14.7 Å². The van der Waals surface area contributed by atoms with Crippen LogP contribution in [-0.4, -0.2) is 24.0 Å². The number of benzene rings is 1. The standard InChI is InChI=1S/C16H21NO3/c1-17(16(20)13-5-3-2-4-6-13)14-9-7-12(8-10-14)11-15(18)19/h7-10,13H,2-6,11H2,1H3,(H,18,19). The zero-order chi connectivity index (χ0) is 14.5. The first-order valence-electron chi connectivity index (χ1n) is 7.16. The molecular formula is C16H21NO3. The number of carbonyl (C=O) groups is 2. The fraction of sp³-hybridized carbons (Fsp3) is 0.500. The summed E-state index contributed by atoms with van der Waals surface area (Å²) in [5.74, 6) is -0.521. The molecule has 1 aromatic rings. The van der Waals surface area contributed by atoms with Crippen LogP contribution in [0.25, 0.3) is 0 Å². The van der Waals surface area contributed by atoms with Crippen LogP contribution in [0.3, 0.4) is 0 Å². The lowest BCUT2D eigenvalue weighted by Gasteiger charge is -2.26. The molecular weight excluding hydrogens is 254 g/mol. The molecule has 1 saturated carbocycles. The highest BCUT2D eigenvalue weighted by Crippen LogP contribution is 2.27. The van der Waals surface area contributed by atoms with Gasteiger partial charge in [-0.3, -0.25) is 9.59 Å². The van der Waals surface area contributed by atoms with Crippen LogP contribution in [0.15, 0.2) is 24.3 Å². The third-order valence-electron chi connectivity index (χ3n) is 3.96. The molecule has 1 fully saturated rings. The predicted molar refractivity (Wildman–Crippen MR) is 77.8 cm³/mol. The van der Waals surface area contributed by atoms with E-state index in [4.69, 9.17) is 5.11 Å². The molecule has 4 heteroatoms. The topological polar surface area (TPSA) is 57.6 Å². The number of carbonyl (C=O) groups excluding carboxylic acids is 1. The van der Waals surface area contributed by atoms with Crippen LogP contribution in [0.2, 0.25) is 0 Å². The number of amides is 1. The van der Waals surface area contributed by atoms with E-state index >= 15 is 0 Å². The summed E-state index contributed by atoms with van der Waals surface area (Å²) in [5, 5.41) is 8.74. The Kier molecular flexibility index (Phi) is 4.77. The Balaban J connectivity index is 2.02. The molecule has 1 N–H and O–H groups in total. The van der Waals surface area contributed by atoms with Gasteiger partial charge < -0.3 is 10.0 Å². The molecule has 1 aromatic carbocycles. The Bertz CT molecular complexity index is 475. The van der Waals surface area contributed by atoms with Crippen molar-refractivity contribution in [2.24, 2.45) is 5.92 Å². The maximum atomic E-state index is 12.4. The molecule has 1 amide bonds. The first-order chi connectivity index (χ1) is 9.58. The summed E-state index contributed by atoms with van der Waals surface area (Å²) >= 11 is 0. The van der Waals surface area contributed by atoms with Crippen molar-refractivity contribution in [1.29, 1.82) is 0 Å². The minimum absolute atomic E-state index is 0.0145. The number of anilines is 1. The quantitative estimate of drug-likeness (QED) is 0.919. The van der Waals surface area contributed by atoms with E-state index in [9.17, 15) is 9.59 Å². The third kappa shape index (κ3) is 3.59. The zero-order valence-electron chi connectivity index (χ0n) is 11.8. The van der Waals surface area contributed by atoms with Crippen molar-refractivity contribution in [3.63, 3.8) is 0 Å². The molecule has 0 aliphatic heterocycles. The van der Waals surface area contributed by atoms with E-state index in [1.807, 2.05) is 12.1 Å². The van der Waals surface area contributed by atoms with Crippen molar-refractivity contribution in [3.8, 4) is 0 Å². The van der Waals surface area contributed by atoms with Crippen LogP contribution in [-0.2, 0) is 16.0 Å². The van der Waals surface area contributed by atoms with Crippen molar-refractivity contribution >= 4 is 17.6 Å². The van der Waals surface area contributed by atoms with Gasteiger partial charge in [0.2, 0.25) is 5.91 Å². The lowest BCUT2D eigenvalue weighted by Crippen LogP contribution is -2.33. The molecule has 0 radical (unpaired) electrons. The molecule has 0 unspecified atom stereocenters. The molecule has 1 aliphatic rings. The van der Waals surface area contributed by atoms with Gasteiger partial charge in [0, 0.05) is 18.7 Å². The Morgan fingerprint density at radius 1 is 1.15 bits per heavy atom. The van der Waals surface area contributed by atoms with Gasteiger partial charge in [-0.2, -0.15) is 0 Å². The van der Waals surface area contributed by atoms with Crippen LogP contribution in [0.4, 0.5) is 5.69 Å². The number of rotatable bonds is 4. The summed E-state index contributed by atoms with van der Waals surface area (Å²) in [4.78, 5) is 24.7. The molecule has 0 aromatic heterocycles. The maximum absolute atomic E-state index is 12.4. The highest BCUT2D eigenvalue weighted by atomic mass is 16.4. The molecule has 0 atom stereocenters. The van der Waals surface area contributed by atoms with Crippen molar-refractivity contribution in [2.75, 3.05) is 11.9 Å². The van der Waals surface area contributed by atoms with Gasteiger partial charge in [0.05, 0.1) is 6.42 Å². The second-order valence-electron chi connectivity index (χ2n) is 5.47. The minimum atomic E-state index is -0.843. The number of carboxylic acids is 1. The van der Waals surface area contributed by atoms with Crippen LogP contribution in [0.1, 0.15) is 37.7 Å². The van der Waals surface area contributed by atoms with Crippen LogP contribution in [0, 0.1) is 5.92 Å². The van der Waals surface area contributed by atoms with Crippen molar-refractivity contribution in [1.82, 2.24) is 0 Å². The molecule has 2 rings (SSSR count). The van der Waals surface area contributed by atoms with Crippen molar-refractivity contribution in [3.05, 3.63) is 29.8 Å². The zero-order valence-corrected chi connectivity index (χ0v) is 11.8. The van der Waals surface area contributed by atoms with E-state index in [2.05, 4.69) is 0 Å². The van der Waals surface area contributed by atoms with Gasteiger partial charge >= 0.3 is 5.97 Å². The molecule has 0 bridgehead atoms. The second-order valence-corrected chi connectivity index (χ2v) is 5.47. The molecule has 20 heavy (non-hydrogen) atoms. The van der Waals surface area contributed by atoms with Gasteiger partial charge in [0.25, 0.3) is 0 Å². The summed E-state index contributed by atoms with van der Waals surface area (Å²) in [7, 11) is 1.79. The van der Waals surface area contributed by atoms with Gasteiger partial charge in [0.1, 0.15) is 0 Å². The minimum Gasteiger partial charge on any atom is -0.481 e. The summed E-state index contributed by atoms with van der Waals surface area (Å²) in [6.45, 7) is 0. The van der Waals surface area contributed by atoms with Crippen LogP contribution < -0.4 is 4.90 Å². The van der Waals surface area contributed by atoms with E-state index in [1.54, 1.807) is 24.1 Å². The molecule has 108 valence electrons. The molecule has 4 nitrogen and oxygen atoms in total. The summed E-state index contributed by atoms with van der Waals surface area (Å²) in [6, 6.07) is 7.18. The number of hydrogen-bond donors (Lipinski definition) is 1. The summed E-state index contributed by atoms with van der Waals surface area (Å²) in [6.07, 6.45) is 5.50. The first-order valence-corrected chi connectivity index (χ1v) is 7.16. The largest absolute Gasteiger partial charge is 0.481 e. The number of aliphatic carboxylic acids is 1. The Morgan fingerprint density at radius 3 is 2.30 bits per heavy atom. The fourth-order valence-corrected chi connectivity index (χ4v) is 2.76. The first kappa shape index (κ1) is 14.6. The third-order valence-corrected chi connectivity index (χ3v) is 3.96.